The summed E-state index contributed by atoms with van der Waals surface area (Å²) in [6.07, 6.45) is 2.78. The fraction of sp³-hybridized carbons (Fsp3) is 0.143. The second-order valence-corrected chi connectivity index (χ2v) is 8.41. The van der Waals surface area contributed by atoms with Crippen LogP contribution in [0, 0.1) is 6.92 Å². The van der Waals surface area contributed by atoms with Gasteiger partial charge in [0, 0.05) is 6.20 Å². The Morgan fingerprint density at radius 2 is 1.81 bits per heavy atom. The van der Waals surface area contributed by atoms with Gasteiger partial charge in [0.25, 0.3) is 0 Å². The number of pyridine rings is 1. The zero-order valence-corrected chi connectivity index (χ0v) is 17.9. The lowest BCUT2D eigenvalue weighted by Gasteiger charge is -2.05. The van der Waals surface area contributed by atoms with Gasteiger partial charge in [-0.15, -0.1) is 0 Å². The summed E-state index contributed by atoms with van der Waals surface area (Å²) in [5.41, 5.74) is 3.65. The first kappa shape index (κ1) is 22.8. The predicted molar refractivity (Wildman–Crippen MR) is 116 cm³/mol. The number of nitrogens with one attached hydrogen (secondary N) is 3. The summed E-state index contributed by atoms with van der Waals surface area (Å²) in [7, 11) is -3.68. The number of rotatable bonds is 8. The average molecular weight is 455 g/mol. The molecule has 0 unspecified atom stereocenters. The minimum absolute atomic E-state index is 0.0632. The van der Waals surface area contributed by atoms with Crippen molar-refractivity contribution >= 4 is 28.1 Å². The lowest BCUT2D eigenvalue weighted by Crippen LogP contribution is -2.37. The Balaban J connectivity index is 1.46. The first-order valence-electron chi connectivity index (χ1n) is 9.50. The van der Waals surface area contributed by atoms with Gasteiger partial charge in [-0.05, 0) is 43.3 Å². The molecule has 0 fully saturated rings. The van der Waals surface area contributed by atoms with Crippen molar-refractivity contribution in [1.29, 1.82) is 0 Å². The van der Waals surface area contributed by atoms with Crippen LogP contribution >= 0.6 is 0 Å². The zero-order valence-electron chi connectivity index (χ0n) is 17.1. The third-order valence-corrected chi connectivity index (χ3v) is 5.59. The molecule has 2 amide bonds. The van der Waals surface area contributed by atoms with E-state index in [1.165, 1.54) is 18.3 Å². The summed E-state index contributed by atoms with van der Waals surface area (Å²) in [5.74, 6) is -1.20. The zero-order chi connectivity index (χ0) is 23.0. The summed E-state index contributed by atoms with van der Waals surface area (Å²) in [5, 5.41) is 6.09. The maximum Gasteiger partial charge on any atom is 0.329 e. The molecule has 0 saturated carbocycles. The van der Waals surface area contributed by atoms with E-state index in [9.17, 15) is 18.0 Å². The van der Waals surface area contributed by atoms with Gasteiger partial charge in [-0.2, -0.15) is 5.10 Å². The maximum absolute atomic E-state index is 12.3. The predicted octanol–water partition coefficient (Wildman–Crippen LogP) is 1.23. The van der Waals surface area contributed by atoms with Gasteiger partial charge in [-0.3, -0.25) is 14.6 Å². The van der Waals surface area contributed by atoms with Crippen LogP contribution in [0.3, 0.4) is 0 Å². The molecule has 166 valence electrons. The molecule has 0 saturated heterocycles. The number of furan rings is 1. The number of carbonyl (C=O) groups is 2. The highest BCUT2D eigenvalue weighted by molar-refractivity contribution is 7.89. The number of hydrogen-bond donors (Lipinski definition) is 3. The topological polar surface area (TPSA) is 143 Å². The van der Waals surface area contributed by atoms with Gasteiger partial charge in [0.05, 0.1) is 29.9 Å². The van der Waals surface area contributed by atoms with Crippen molar-refractivity contribution in [2.24, 2.45) is 5.10 Å². The van der Waals surface area contributed by atoms with Gasteiger partial charge in [0.2, 0.25) is 10.0 Å². The van der Waals surface area contributed by atoms with Crippen molar-refractivity contribution < 1.29 is 22.4 Å². The third kappa shape index (κ3) is 6.59. The molecule has 2 heterocycles. The Hall–Kier alpha value is -3.83. The molecule has 0 radical (unpaired) electrons. The number of nitrogens with zero attached hydrogens (tertiary/aromatic N) is 2. The van der Waals surface area contributed by atoms with E-state index in [0.717, 1.165) is 5.56 Å². The Morgan fingerprint density at radius 1 is 1.03 bits per heavy atom. The summed E-state index contributed by atoms with van der Waals surface area (Å²) in [4.78, 5) is 27.7. The van der Waals surface area contributed by atoms with Crippen molar-refractivity contribution in [3.05, 3.63) is 83.6 Å². The van der Waals surface area contributed by atoms with Crippen LogP contribution in [0.1, 0.15) is 22.8 Å². The third-order valence-electron chi connectivity index (χ3n) is 4.17. The summed E-state index contributed by atoms with van der Waals surface area (Å²) in [6, 6.07) is 14.8. The van der Waals surface area contributed by atoms with Crippen LogP contribution < -0.4 is 15.5 Å². The lowest BCUT2D eigenvalue weighted by molar-refractivity contribution is -0.139. The van der Waals surface area contributed by atoms with E-state index in [0.29, 0.717) is 11.5 Å². The second-order valence-electron chi connectivity index (χ2n) is 6.64. The van der Waals surface area contributed by atoms with Gasteiger partial charge >= 0.3 is 11.8 Å². The Morgan fingerprint density at radius 3 is 2.53 bits per heavy atom. The van der Waals surface area contributed by atoms with Crippen molar-refractivity contribution in [2.45, 2.75) is 24.9 Å². The first-order chi connectivity index (χ1) is 15.3. The Labute approximate surface area is 184 Å². The number of hydrazone groups is 1. The monoisotopic (exact) mass is 455 g/mol. The van der Waals surface area contributed by atoms with Crippen LogP contribution in [0.5, 0.6) is 0 Å². The van der Waals surface area contributed by atoms with Gasteiger partial charge < -0.3 is 9.73 Å². The molecule has 0 atom stereocenters. The number of hydrogen-bond acceptors (Lipinski definition) is 7. The smallest absolute Gasteiger partial charge is 0.329 e. The fourth-order valence-corrected chi connectivity index (χ4v) is 3.48. The number of aromatic nitrogens is 1. The molecule has 11 heteroatoms. The second kappa shape index (κ2) is 10.5. The van der Waals surface area contributed by atoms with E-state index in [1.54, 1.807) is 48.7 Å². The first-order valence-corrected chi connectivity index (χ1v) is 11.0. The van der Waals surface area contributed by atoms with Crippen LogP contribution in [0.15, 0.2) is 75.2 Å². The minimum atomic E-state index is -3.68. The molecule has 32 heavy (non-hydrogen) atoms. The van der Waals surface area contributed by atoms with Crippen molar-refractivity contribution in [3.63, 3.8) is 0 Å². The molecular weight excluding hydrogens is 434 g/mol. The molecule has 1 aromatic carbocycles. The average Bonchev–Trinajstić information content (AvgIpc) is 3.25. The molecule has 0 spiro atoms. The normalized spacial score (nSPS) is 11.4. The van der Waals surface area contributed by atoms with E-state index in [2.05, 4.69) is 25.6 Å². The number of sulfonamides is 1. The molecule has 3 aromatic rings. The molecule has 2 aromatic heterocycles. The van der Waals surface area contributed by atoms with Gasteiger partial charge in [-0.1, -0.05) is 23.8 Å². The Kier molecular flexibility index (Phi) is 7.47. The number of benzene rings is 1. The molecule has 3 rings (SSSR count). The largest absolute Gasteiger partial charge is 0.459 e. The van der Waals surface area contributed by atoms with Gasteiger partial charge in [0.1, 0.15) is 11.5 Å². The highest BCUT2D eigenvalue weighted by Gasteiger charge is 2.15. The van der Waals surface area contributed by atoms with Crippen LogP contribution in [0.4, 0.5) is 0 Å². The lowest BCUT2D eigenvalue weighted by atomic mass is 10.2. The van der Waals surface area contributed by atoms with E-state index in [4.69, 9.17) is 4.42 Å². The molecule has 0 aliphatic rings. The molecule has 3 N–H and O–H groups in total. The van der Waals surface area contributed by atoms with Crippen LogP contribution in [-0.2, 0) is 32.7 Å². The highest BCUT2D eigenvalue weighted by Crippen LogP contribution is 2.12. The molecule has 0 bridgehead atoms. The Bertz CT molecular complexity index is 1200. The van der Waals surface area contributed by atoms with Crippen LogP contribution in [-0.4, -0.2) is 31.4 Å². The SMILES string of the molecule is Cc1ccc(S(=O)(=O)NCc2ccc(/C=N/NC(=O)C(=O)NCc3ccccn3)o2)cc1. The number of amides is 2. The minimum Gasteiger partial charge on any atom is -0.459 e. The van der Waals surface area contributed by atoms with E-state index in [-0.39, 0.29) is 23.7 Å². The van der Waals surface area contributed by atoms with Crippen molar-refractivity contribution in [2.75, 3.05) is 0 Å². The molecule has 0 aliphatic heterocycles. The molecule has 0 aliphatic carbocycles. The van der Waals surface area contributed by atoms with Crippen molar-refractivity contribution in [1.82, 2.24) is 20.4 Å². The summed E-state index contributed by atoms with van der Waals surface area (Å²) in [6.45, 7) is 1.91. The molecular formula is C21H21N5O5S. The van der Waals surface area contributed by atoms with E-state index < -0.39 is 21.8 Å². The maximum atomic E-state index is 12.3. The van der Waals surface area contributed by atoms with Crippen LogP contribution in [0.2, 0.25) is 0 Å². The van der Waals surface area contributed by atoms with E-state index in [1.807, 2.05) is 6.92 Å². The number of carbonyl (C=O) groups excluding carboxylic acids is 2. The standard InChI is InChI=1S/C21H21N5O5S/c1-15-5-9-19(10-6-15)32(29,30)25-14-18-8-7-17(31-18)13-24-26-21(28)20(27)23-12-16-4-2-3-11-22-16/h2-11,13,25H,12,14H2,1H3,(H,23,27)(H,26,28)/b24-13+. The van der Waals surface area contributed by atoms with Crippen LogP contribution in [0.25, 0.3) is 0 Å². The molecule has 10 nitrogen and oxygen atoms in total. The quantitative estimate of drug-likeness (QED) is 0.265. The van der Waals surface area contributed by atoms with E-state index >= 15 is 0 Å². The highest BCUT2D eigenvalue weighted by atomic mass is 32.2. The summed E-state index contributed by atoms with van der Waals surface area (Å²) < 4.78 is 32.5. The van der Waals surface area contributed by atoms with Crippen molar-refractivity contribution in [3.8, 4) is 0 Å². The summed E-state index contributed by atoms with van der Waals surface area (Å²) >= 11 is 0. The number of aryl methyl sites for hydroxylation is 1. The fourth-order valence-electron chi connectivity index (χ4n) is 2.48. The van der Waals surface area contributed by atoms with Gasteiger partial charge in [-0.25, -0.2) is 18.6 Å². The van der Waals surface area contributed by atoms with Gasteiger partial charge in [0.15, 0.2) is 0 Å².